The van der Waals surface area contributed by atoms with Crippen molar-refractivity contribution in [2.24, 2.45) is 0 Å². The average molecular weight is 677 g/mol. The van der Waals surface area contributed by atoms with Crippen molar-refractivity contribution in [3.8, 4) is 0 Å². The van der Waals surface area contributed by atoms with Crippen LogP contribution in [0.1, 0.15) is 59.1 Å². The standard InChI is InChI=1S/2C16H26N2O2SSi/c1-5-11-21-12-18-13(4)17-16-14(18)9-8-10-15(16)22(19-6-2)20-7-3;1-4-19-22(20-5-2)12-8-11-21-13-18-14(3)17-15-9-6-7-10-16(15)18/h8-10,22H,5-7,11-12H2,1-4H3;6-7,9-10,22H,4-5,8,11-13H2,1-3H3. The second-order valence-electron chi connectivity index (χ2n) is 10.2. The molecule has 0 aliphatic carbocycles. The molecule has 0 atom stereocenters. The SMILES string of the molecule is CCCSCn1c(C)nc2c([SiH](OCC)OCC)cccc21.CCO[SiH](CCCSCn1c(C)nc2ccccc21)OCC. The number of benzene rings is 2. The smallest absolute Gasteiger partial charge is 0.358 e. The molecule has 0 aliphatic heterocycles. The van der Waals surface area contributed by atoms with Crippen molar-refractivity contribution in [3.05, 3.63) is 54.1 Å². The molecule has 244 valence electrons. The normalized spacial score (nSPS) is 11.7. The number of imidazole rings is 2. The van der Waals surface area contributed by atoms with Crippen molar-refractivity contribution in [1.29, 1.82) is 0 Å². The lowest BCUT2D eigenvalue weighted by atomic mass is 10.3. The Bertz CT molecular complexity index is 1380. The molecule has 8 nitrogen and oxygen atoms in total. The molecule has 0 radical (unpaired) electrons. The van der Waals surface area contributed by atoms with Crippen molar-refractivity contribution < 1.29 is 17.7 Å². The molecule has 4 aromatic rings. The van der Waals surface area contributed by atoms with Crippen LogP contribution in [0.3, 0.4) is 0 Å². The quantitative estimate of drug-likeness (QED) is 0.0807. The summed E-state index contributed by atoms with van der Waals surface area (Å²) in [5.41, 5.74) is 4.55. The third-order valence-electron chi connectivity index (χ3n) is 6.96. The second kappa shape index (κ2) is 20.5. The summed E-state index contributed by atoms with van der Waals surface area (Å²) in [4.78, 5) is 9.41. The van der Waals surface area contributed by atoms with Crippen molar-refractivity contribution in [2.75, 3.05) is 37.9 Å². The van der Waals surface area contributed by atoms with Gasteiger partial charge in [0.15, 0.2) is 0 Å². The molecule has 0 fully saturated rings. The molecule has 12 heteroatoms. The molecule has 2 heterocycles. The van der Waals surface area contributed by atoms with E-state index in [1.165, 1.54) is 23.2 Å². The fourth-order valence-electron chi connectivity index (χ4n) is 4.92. The third-order valence-corrected chi connectivity index (χ3v) is 13.7. The molecule has 0 aliphatic rings. The first kappa shape index (κ1) is 36.8. The molecule has 4 rings (SSSR count). The number of hydrogen-bond acceptors (Lipinski definition) is 8. The van der Waals surface area contributed by atoms with E-state index in [1.54, 1.807) is 0 Å². The Labute approximate surface area is 276 Å². The first-order chi connectivity index (χ1) is 21.5. The van der Waals surface area contributed by atoms with E-state index >= 15 is 0 Å². The lowest BCUT2D eigenvalue weighted by molar-refractivity contribution is 0.213. The predicted molar refractivity (Wildman–Crippen MR) is 194 cm³/mol. The van der Waals surface area contributed by atoms with Crippen molar-refractivity contribution in [2.45, 2.75) is 79.1 Å². The molecule has 0 saturated carbocycles. The van der Waals surface area contributed by atoms with Gasteiger partial charge in [-0.2, -0.15) is 0 Å². The predicted octanol–water partition coefficient (Wildman–Crippen LogP) is 6.66. The molecule has 2 aromatic heterocycles. The minimum Gasteiger partial charge on any atom is -0.397 e. The van der Waals surface area contributed by atoms with Crippen LogP contribution in [-0.2, 0) is 29.5 Å². The lowest BCUT2D eigenvalue weighted by Gasteiger charge is -2.15. The summed E-state index contributed by atoms with van der Waals surface area (Å²) < 4.78 is 27.8. The van der Waals surface area contributed by atoms with Gasteiger partial charge in [0.2, 0.25) is 0 Å². The first-order valence-electron chi connectivity index (χ1n) is 16.0. The maximum absolute atomic E-state index is 5.89. The number of hydrogen-bond donors (Lipinski definition) is 0. The summed E-state index contributed by atoms with van der Waals surface area (Å²) in [5.74, 6) is 6.37. The van der Waals surface area contributed by atoms with Gasteiger partial charge < -0.3 is 26.8 Å². The van der Waals surface area contributed by atoms with E-state index in [-0.39, 0.29) is 0 Å². The van der Waals surface area contributed by atoms with E-state index < -0.39 is 18.6 Å². The van der Waals surface area contributed by atoms with Crippen LogP contribution < -0.4 is 5.19 Å². The van der Waals surface area contributed by atoms with E-state index in [9.17, 15) is 0 Å². The summed E-state index contributed by atoms with van der Waals surface area (Å²) in [6.07, 6.45) is 2.36. The molecule has 0 amide bonds. The third kappa shape index (κ3) is 10.7. The summed E-state index contributed by atoms with van der Waals surface area (Å²) in [6, 6.07) is 15.8. The van der Waals surface area contributed by atoms with E-state index in [0.29, 0.717) is 13.2 Å². The number of rotatable bonds is 19. The zero-order valence-corrected chi connectivity index (χ0v) is 31.7. The van der Waals surface area contributed by atoms with Gasteiger partial charge in [-0.15, -0.1) is 23.5 Å². The van der Waals surface area contributed by atoms with Gasteiger partial charge in [-0.1, -0.05) is 31.2 Å². The van der Waals surface area contributed by atoms with Gasteiger partial charge >= 0.3 is 18.6 Å². The Hall–Kier alpha value is -1.65. The Kier molecular flexibility index (Phi) is 17.1. The van der Waals surface area contributed by atoms with Gasteiger partial charge in [0.05, 0.1) is 33.8 Å². The van der Waals surface area contributed by atoms with Gasteiger partial charge in [-0.25, -0.2) is 9.97 Å². The van der Waals surface area contributed by atoms with E-state index in [2.05, 4.69) is 71.3 Å². The molecule has 0 bridgehead atoms. The number of fused-ring (bicyclic) bond motifs is 2. The van der Waals surface area contributed by atoms with Crippen LogP contribution in [0.4, 0.5) is 0 Å². The lowest BCUT2D eigenvalue weighted by Crippen LogP contribution is -2.37. The molecule has 0 N–H and O–H groups in total. The Balaban J connectivity index is 0.000000240. The van der Waals surface area contributed by atoms with Crippen LogP contribution in [0, 0.1) is 13.8 Å². The summed E-state index contributed by atoms with van der Waals surface area (Å²) in [6.45, 7) is 17.4. The summed E-state index contributed by atoms with van der Waals surface area (Å²) >= 11 is 3.90. The van der Waals surface area contributed by atoms with Crippen molar-refractivity contribution >= 4 is 69.3 Å². The summed E-state index contributed by atoms with van der Waals surface area (Å²) in [7, 11) is -3.29. The van der Waals surface area contributed by atoms with Gasteiger partial charge in [0.25, 0.3) is 0 Å². The highest BCUT2D eigenvalue weighted by Crippen LogP contribution is 2.20. The number of aryl methyl sites for hydroxylation is 2. The van der Waals surface area contributed by atoms with Crippen molar-refractivity contribution in [3.63, 3.8) is 0 Å². The minimum absolute atomic E-state index is 0.680. The second-order valence-corrected chi connectivity index (χ2v) is 16.4. The first-order valence-corrected chi connectivity index (χ1v) is 21.6. The van der Waals surface area contributed by atoms with Crippen molar-refractivity contribution in [1.82, 2.24) is 19.1 Å². The topological polar surface area (TPSA) is 72.6 Å². The van der Waals surface area contributed by atoms with Crippen LogP contribution in [0.15, 0.2) is 42.5 Å². The Morgan fingerprint density at radius 3 is 1.93 bits per heavy atom. The van der Waals surface area contributed by atoms with E-state index in [4.69, 9.17) is 22.7 Å². The van der Waals surface area contributed by atoms with Crippen LogP contribution in [0.25, 0.3) is 22.1 Å². The highest BCUT2D eigenvalue weighted by atomic mass is 32.2. The van der Waals surface area contributed by atoms with Gasteiger partial charge in [0, 0.05) is 31.6 Å². The zero-order valence-electron chi connectivity index (χ0n) is 27.7. The molecule has 44 heavy (non-hydrogen) atoms. The monoisotopic (exact) mass is 676 g/mol. The Morgan fingerprint density at radius 1 is 0.682 bits per heavy atom. The van der Waals surface area contributed by atoms with Gasteiger partial charge in [0.1, 0.15) is 11.6 Å². The van der Waals surface area contributed by atoms with Crippen LogP contribution in [-0.4, -0.2) is 75.6 Å². The van der Waals surface area contributed by atoms with Gasteiger partial charge in [-0.3, -0.25) is 0 Å². The van der Waals surface area contributed by atoms with E-state index in [1.807, 2.05) is 57.3 Å². The zero-order chi connectivity index (χ0) is 31.7. The Morgan fingerprint density at radius 2 is 1.27 bits per heavy atom. The number of thioether (sulfide) groups is 2. The molecular formula is C32H52N4O4S2Si2. The van der Waals surface area contributed by atoms with Crippen LogP contribution in [0.2, 0.25) is 6.04 Å². The number of aromatic nitrogens is 4. The maximum atomic E-state index is 5.89. The number of nitrogens with zero attached hydrogens (tertiary/aromatic N) is 4. The maximum Gasteiger partial charge on any atom is 0.358 e. The van der Waals surface area contributed by atoms with E-state index in [0.717, 1.165) is 71.1 Å². The fraction of sp³-hybridized carbons (Fsp3) is 0.562. The highest BCUT2D eigenvalue weighted by Gasteiger charge is 2.21. The molecule has 0 unspecified atom stereocenters. The minimum atomic E-state index is -1.87. The number of para-hydroxylation sites is 3. The highest BCUT2D eigenvalue weighted by molar-refractivity contribution is 7.98. The molecular weight excluding hydrogens is 625 g/mol. The van der Waals surface area contributed by atoms with Gasteiger partial charge in [-0.05, 0) is 90.1 Å². The van der Waals surface area contributed by atoms with Crippen LogP contribution >= 0.6 is 23.5 Å². The van der Waals surface area contributed by atoms with Crippen LogP contribution in [0.5, 0.6) is 0 Å². The molecule has 2 aromatic carbocycles. The molecule has 0 spiro atoms. The summed E-state index contributed by atoms with van der Waals surface area (Å²) in [5, 5.41) is 1.16. The fourth-order valence-corrected chi connectivity index (χ4v) is 10.6. The largest absolute Gasteiger partial charge is 0.397 e. The molecule has 0 saturated heterocycles. The average Bonchev–Trinajstić information content (AvgIpc) is 3.52.